The van der Waals surface area contributed by atoms with Gasteiger partial charge in [0, 0.05) is 28.0 Å². The molecular formula is C25H26Cl2N4O3S2. The maximum absolute atomic E-state index is 12.5. The third kappa shape index (κ3) is 8.30. The van der Waals surface area contributed by atoms with Gasteiger partial charge in [0.25, 0.3) is 0 Å². The molecule has 1 aromatic heterocycles. The molecular weight excluding hydrogens is 539 g/mol. The molecule has 1 amide bonds. The molecule has 0 radical (unpaired) electrons. The van der Waals surface area contributed by atoms with Gasteiger partial charge in [0.05, 0.1) is 23.7 Å². The molecule has 0 bridgehead atoms. The number of nitrogens with one attached hydrogen (secondary N) is 1. The van der Waals surface area contributed by atoms with Crippen LogP contribution in [0.5, 0.6) is 0 Å². The first-order chi connectivity index (χ1) is 17.4. The van der Waals surface area contributed by atoms with Gasteiger partial charge in [0.1, 0.15) is 5.82 Å². The SMILES string of the molecule is C=CCn1c(CSCc2ccc(Cl)cc2Cl)nnc1SCC(=O)Nc1cccc(C(=O)OCCC)c1. The Morgan fingerprint density at radius 1 is 1.17 bits per heavy atom. The molecule has 1 heterocycles. The molecule has 0 saturated heterocycles. The van der Waals surface area contributed by atoms with Crippen molar-refractivity contribution in [3.8, 4) is 0 Å². The number of anilines is 1. The van der Waals surface area contributed by atoms with Crippen LogP contribution in [-0.4, -0.2) is 39.0 Å². The van der Waals surface area contributed by atoms with Crippen LogP contribution in [0.1, 0.15) is 35.1 Å². The molecule has 11 heteroatoms. The summed E-state index contributed by atoms with van der Waals surface area (Å²) in [5, 5.41) is 13.2. The van der Waals surface area contributed by atoms with E-state index in [0.717, 1.165) is 17.8 Å². The van der Waals surface area contributed by atoms with Crippen molar-refractivity contribution in [1.29, 1.82) is 0 Å². The summed E-state index contributed by atoms with van der Waals surface area (Å²) >= 11 is 15.2. The van der Waals surface area contributed by atoms with E-state index in [4.69, 9.17) is 27.9 Å². The number of carbonyl (C=O) groups excluding carboxylic acids is 2. The monoisotopic (exact) mass is 564 g/mol. The first kappa shape index (κ1) is 28.1. The molecule has 0 fully saturated rings. The van der Waals surface area contributed by atoms with Crippen LogP contribution < -0.4 is 5.32 Å². The number of benzene rings is 2. The largest absolute Gasteiger partial charge is 0.462 e. The van der Waals surface area contributed by atoms with Gasteiger partial charge in [0.15, 0.2) is 5.16 Å². The van der Waals surface area contributed by atoms with E-state index in [1.165, 1.54) is 11.8 Å². The summed E-state index contributed by atoms with van der Waals surface area (Å²) in [4.78, 5) is 24.6. The van der Waals surface area contributed by atoms with Crippen molar-refractivity contribution < 1.29 is 14.3 Å². The second kappa shape index (κ2) is 14.3. The van der Waals surface area contributed by atoms with Gasteiger partial charge in [0.2, 0.25) is 5.91 Å². The number of hydrogen-bond acceptors (Lipinski definition) is 7. The number of carbonyl (C=O) groups is 2. The fourth-order valence-corrected chi connectivity index (χ4v) is 5.36. The molecule has 7 nitrogen and oxygen atoms in total. The lowest BCUT2D eigenvalue weighted by molar-refractivity contribution is -0.113. The number of nitrogens with zero attached hydrogens (tertiary/aromatic N) is 3. The highest BCUT2D eigenvalue weighted by molar-refractivity contribution is 7.99. The van der Waals surface area contributed by atoms with Gasteiger partial charge in [-0.05, 0) is 42.3 Å². The fraction of sp³-hybridized carbons (Fsp3) is 0.280. The molecule has 0 unspecified atom stereocenters. The molecule has 1 N–H and O–H groups in total. The van der Waals surface area contributed by atoms with Crippen LogP contribution in [-0.2, 0) is 27.6 Å². The Hall–Kier alpha value is -2.46. The Morgan fingerprint density at radius 2 is 2.00 bits per heavy atom. The normalized spacial score (nSPS) is 10.8. The summed E-state index contributed by atoms with van der Waals surface area (Å²) in [6.07, 6.45) is 2.51. The molecule has 0 aliphatic carbocycles. The van der Waals surface area contributed by atoms with Crippen LogP contribution in [0.15, 0.2) is 60.3 Å². The molecule has 0 atom stereocenters. The molecule has 0 saturated carbocycles. The van der Waals surface area contributed by atoms with Crippen molar-refractivity contribution in [3.05, 3.63) is 82.1 Å². The number of allylic oxidation sites excluding steroid dienone is 1. The molecule has 36 heavy (non-hydrogen) atoms. The third-order valence-corrected chi connectivity index (χ3v) is 7.29. The number of aromatic nitrogens is 3. The highest BCUT2D eigenvalue weighted by Crippen LogP contribution is 2.27. The number of halogens is 2. The smallest absolute Gasteiger partial charge is 0.338 e. The number of amides is 1. The number of esters is 1. The van der Waals surface area contributed by atoms with Gasteiger partial charge in [-0.1, -0.05) is 60.1 Å². The van der Waals surface area contributed by atoms with Crippen molar-refractivity contribution in [1.82, 2.24) is 14.8 Å². The van der Waals surface area contributed by atoms with E-state index in [1.807, 2.05) is 23.6 Å². The van der Waals surface area contributed by atoms with Crippen molar-refractivity contribution in [3.63, 3.8) is 0 Å². The molecule has 3 rings (SSSR count). The Bertz CT molecular complexity index is 1220. The van der Waals surface area contributed by atoms with E-state index in [0.29, 0.717) is 51.1 Å². The van der Waals surface area contributed by atoms with Gasteiger partial charge in [-0.15, -0.1) is 28.5 Å². The van der Waals surface area contributed by atoms with Crippen molar-refractivity contribution in [2.45, 2.75) is 36.6 Å². The number of rotatable bonds is 13. The van der Waals surface area contributed by atoms with Crippen LogP contribution in [0.4, 0.5) is 5.69 Å². The van der Waals surface area contributed by atoms with Crippen LogP contribution in [0.25, 0.3) is 0 Å². The summed E-state index contributed by atoms with van der Waals surface area (Å²) in [6, 6.07) is 12.1. The summed E-state index contributed by atoms with van der Waals surface area (Å²) in [7, 11) is 0. The van der Waals surface area contributed by atoms with Gasteiger partial charge in [-0.2, -0.15) is 0 Å². The molecule has 0 aliphatic rings. The quantitative estimate of drug-likeness (QED) is 0.144. The predicted molar refractivity (Wildman–Crippen MR) is 148 cm³/mol. The van der Waals surface area contributed by atoms with Gasteiger partial charge < -0.3 is 14.6 Å². The zero-order valence-electron chi connectivity index (χ0n) is 19.7. The maximum Gasteiger partial charge on any atom is 0.338 e. The second-order valence-corrected chi connectivity index (χ2v) is 10.4. The lowest BCUT2D eigenvalue weighted by atomic mass is 10.2. The van der Waals surface area contributed by atoms with E-state index >= 15 is 0 Å². The number of hydrogen-bond donors (Lipinski definition) is 1. The minimum absolute atomic E-state index is 0.132. The topological polar surface area (TPSA) is 86.1 Å². The first-order valence-electron chi connectivity index (χ1n) is 11.2. The average molecular weight is 566 g/mol. The highest BCUT2D eigenvalue weighted by Gasteiger charge is 2.15. The number of ether oxygens (including phenoxy) is 1. The standard InChI is InChI=1S/C25H26Cl2N4O3S2/c1-3-10-31-22(15-35-14-18-8-9-19(26)13-21(18)27)29-30-25(31)36-16-23(32)28-20-7-5-6-17(12-20)24(33)34-11-4-2/h3,5-9,12-13H,1,4,10-11,14-16H2,2H3,(H,28,32). The van der Waals surface area contributed by atoms with Crippen LogP contribution in [0.3, 0.4) is 0 Å². The van der Waals surface area contributed by atoms with E-state index in [9.17, 15) is 9.59 Å². The molecule has 3 aromatic rings. The Kier molecular flexibility index (Phi) is 11.2. The number of thioether (sulfide) groups is 2. The maximum atomic E-state index is 12.5. The average Bonchev–Trinajstić information content (AvgIpc) is 3.24. The lowest BCUT2D eigenvalue weighted by Gasteiger charge is -2.09. The van der Waals surface area contributed by atoms with Crippen LogP contribution >= 0.6 is 46.7 Å². The van der Waals surface area contributed by atoms with Crippen LogP contribution in [0, 0.1) is 0 Å². The van der Waals surface area contributed by atoms with Gasteiger partial charge >= 0.3 is 5.97 Å². The van der Waals surface area contributed by atoms with E-state index in [1.54, 1.807) is 48.2 Å². The molecule has 2 aromatic carbocycles. The van der Waals surface area contributed by atoms with E-state index in [2.05, 4.69) is 22.1 Å². The predicted octanol–water partition coefficient (Wildman–Crippen LogP) is 6.50. The molecule has 0 aliphatic heterocycles. The van der Waals surface area contributed by atoms with Crippen molar-refractivity contribution >= 4 is 64.3 Å². The van der Waals surface area contributed by atoms with Gasteiger partial charge in [-0.3, -0.25) is 4.79 Å². The first-order valence-corrected chi connectivity index (χ1v) is 14.0. The van der Waals surface area contributed by atoms with Crippen molar-refractivity contribution in [2.75, 3.05) is 17.7 Å². The summed E-state index contributed by atoms with van der Waals surface area (Å²) < 4.78 is 7.09. The lowest BCUT2D eigenvalue weighted by Crippen LogP contribution is -2.15. The van der Waals surface area contributed by atoms with E-state index in [-0.39, 0.29) is 11.7 Å². The summed E-state index contributed by atoms with van der Waals surface area (Å²) in [5.41, 5.74) is 1.91. The fourth-order valence-electron chi connectivity index (χ4n) is 3.07. The minimum Gasteiger partial charge on any atom is -0.462 e. The molecule has 0 spiro atoms. The Balaban J connectivity index is 1.56. The van der Waals surface area contributed by atoms with E-state index < -0.39 is 5.97 Å². The minimum atomic E-state index is -0.413. The third-order valence-electron chi connectivity index (χ3n) is 4.76. The van der Waals surface area contributed by atoms with Gasteiger partial charge in [-0.25, -0.2) is 4.79 Å². The Morgan fingerprint density at radius 3 is 2.75 bits per heavy atom. The molecule has 190 valence electrons. The second-order valence-electron chi connectivity index (χ2n) is 7.58. The Labute approximate surface area is 229 Å². The zero-order chi connectivity index (χ0) is 25.9. The van der Waals surface area contributed by atoms with Crippen molar-refractivity contribution in [2.24, 2.45) is 0 Å². The summed E-state index contributed by atoms with van der Waals surface area (Å²) in [6.45, 7) is 6.62. The zero-order valence-corrected chi connectivity index (χ0v) is 22.9. The van der Waals surface area contributed by atoms with Crippen LogP contribution in [0.2, 0.25) is 10.0 Å². The summed E-state index contributed by atoms with van der Waals surface area (Å²) in [5.74, 6) is 1.60. The highest BCUT2D eigenvalue weighted by atomic mass is 35.5.